The van der Waals surface area contributed by atoms with Gasteiger partial charge in [0.05, 0.1) is 5.69 Å². The summed E-state index contributed by atoms with van der Waals surface area (Å²) < 4.78 is 2.14. The summed E-state index contributed by atoms with van der Waals surface area (Å²) in [5, 5.41) is 12.6. The van der Waals surface area contributed by atoms with Crippen LogP contribution in [0.1, 0.15) is 5.56 Å². The Morgan fingerprint density at radius 1 is 1.12 bits per heavy atom. The minimum Gasteiger partial charge on any atom is -0.209 e. The Labute approximate surface area is 103 Å². The quantitative estimate of drug-likeness (QED) is 0.667. The molecule has 84 valence electrons. The SMILES string of the molecule is Cc1cccc2c(-n3[nH]nnc3=S)cccc12. The van der Waals surface area contributed by atoms with Gasteiger partial charge in [0.15, 0.2) is 0 Å². The van der Waals surface area contributed by atoms with Crippen molar-refractivity contribution in [2.45, 2.75) is 6.92 Å². The molecule has 3 rings (SSSR count). The number of H-pyrrole nitrogens is 1. The fourth-order valence-electron chi connectivity index (χ4n) is 2.00. The van der Waals surface area contributed by atoms with Crippen LogP contribution in [0, 0.1) is 11.7 Å². The molecule has 0 aliphatic rings. The predicted octanol–water partition coefficient (Wildman–Crippen LogP) is 2.79. The van der Waals surface area contributed by atoms with Crippen LogP contribution in [0.2, 0.25) is 0 Å². The van der Waals surface area contributed by atoms with Gasteiger partial charge in [-0.1, -0.05) is 40.6 Å². The maximum absolute atomic E-state index is 5.12. The molecule has 0 aliphatic carbocycles. The summed E-state index contributed by atoms with van der Waals surface area (Å²) in [5.74, 6) is 0. The number of rotatable bonds is 1. The zero-order valence-electron chi connectivity index (χ0n) is 9.21. The van der Waals surface area contributed by atoms with E-state index in [0.29, 0.717) is 4.77 Å². The average molecular weight is 242 g/mol. The van der Waals surface area contributed by atoms with Crippen LogP contribution in [-0.2, 0) is 0 Å². The van der Waals surface area contributed by atoms with Crippen molar-refractivity contribution in [3.8, 4) is 5.69 Å². The van der Waals surface area contributed by atoms with Gasteiger partial charge in [0.25, 0.3) is 0 Å². The molecule has 0 spiro atoms. The fraction of sp³-hybridized carbons (Fsp3) is 0.0833. The van der Waals surface area contributed by atoms with E-state index in [1.165, 1.54) is 10.9 Å². The van der Waals surface area contributed by atoms with Crippen LogP contribution >= 0.6 is 12.2 Å². The number of aromatic amines is 1. The minimum absolute atomic E-state index is 0.430. The third-order valence-electron chi connectivity index (χ3n) is 2.83. The molecule has 0 amide bonds. The van der Waals surface area contributed by atoms with Gasteiger partial charge in [-0.3, -0.25) is 0 Å². The number of hydrogen-bond donors (Lipinski definition) is 1. The van der Waals surface area contributed by atoms with Gasteiger partial charge in [0.2, 0.25) is 4.77 Å². The molecule has 0 fully saturated rings. The molecule has 0 saturated carbocycles. The molecule has 1 N–H and O–H groups in total. The summed E-state index contributed by atoms with van der Waals surface area (Å²) in [5.41, 5.74) is 2.21. The summed E-state index contributed by atoms with van der Waals surface area (Å²) in [4.78, 5) is 0. The number of nitrogens with one attached hydrogen (secondary N) is 1. The number of nitrogens with zero attached hydrogens (tertiary/aromatic N) is 3. The van der Waals surface area contributed by atoms with Crippen molar-refractivity contribution >= 4 is 23.0 Å². The van der Waals surface area contributed by atoms with Gasteiger partial charge in [0.1, 0.15) is 0 Å². The Balaban J connectivity index is 2.43. The molecule has 0 unspecified atom stereocenters. The second-order valence-electron chi connectivity index (χ2n) is 3.87. The standard InChI is InChI=1S/C12H10N4S/c1-8-4-2-6-10-9(8)5-3-7-11(10)16-12(17)13-14-15-16/h2-7H,1H3,(H,13,15,17). The van der Waals surface area contributed by atoms with Gasteiger partial charge in [-0.15, -0.1) is 0 Å². The Morgan fingerprint density at radius 2 is 1.88 bits per heavy atom. The number of hydrogen-bond acceptors (Lipinski definition) is 3. The molecule has 3 aromatic rings. The van der Waals surface area contributed by atoms with E-state index >= 15 is 0 Å². The first-order chi connectivity index (χ1) is 8.27. The first kappa shape index (κ1) is 10.2. The van der Waals surface area contributed by atoms with Crippen molar-refractivity contribution in [3.05, 3.63) is 46.7 Å². The molecule has 17 heavy (non-hydrogen) atoms. The number of fused-ring (bicyclic) bond motifs is 1. The van der Waals surface area contributed by atoms with Crippen LogP contribution in [0.5, 0.6) is 0 Å². The molecule has 2 aromatic carbocycles. The van der Waals surface area contributed by atoms with Gasteiger partial charge in [-0.05, 0) is 36.2 Å². The zero-order chi connectivity index (χ0) is 11.8. The lowest BCUT2D eigenvalue weighted by Gasteiger charge is -2.07. The van der Waals surface area contributed by atoms with Crippen molar-refractivity contribution in [2.24, 2.45) is 0 Å². The Kier molecular flexibility index (Phi) is 2.26. The summed E-state index contributed by atoms with van der Waals surface area (Å²) in [6.45, 7) is 2.09. The van der Waals surface area contributed by atoms with E-state index in [4.69, 9.17) is 12.2 Å². The van der Waals surface area contributed by atoms with Crippen molar-refractivity contribution < 1.29 is 0 Å². The van der Waals surface area contributed by atoms with Crippen molar-refractivity contribution in [1.82, 2.24) is 20.2 Å². The largest absolute Gasteiger partial charge is 0.242 e. The van der Waals surface area contributed by atoms with Gasteiger partial charge >= 0.3 is 0 Å². The Hall–Kier alpha value is -2.01. The average Bonchev–Trinajstić information content (AvgIpc) is 2.75. The third kappa shape index (κ3) is 1.55. The monoisotopic (exact) mass is 242 g/mol. The molecule has 0 bridgehead atoms. The predicted molar refractivity (Wildman–Crippen MR) is 68.8 cm³/mol. The van der Waals surface area contributed by atoms with E-state index in [2.05, 4.69) is 40.6 Å². The molecule has 4 nitrogen and oxygen atoms in total. The Bertz CT molecular complexity index is 741. The highest BCUT2D eigenvalue weighted by Crippen LogP contribution is 2.24. The molecule has 0 atom stereocenters. The lowest BCUT2D eigenvalue weighted by molar-refractivity contribution is 0.790. The summed E-state index contributed by atoms with van der Waals surface area (Å²) in [7, 11) is 0. The number of aromatic nitrogens is 4. The van der Waals surface area contributed by atoms with Crippen LogP contribution in [-0.4, -0.2) is 20.2 Å². The van der Waals surface area contributed by atoms with E-state index in [9.17, 15) is 0 Å². The van der Waals surface area contributed by atoms with Crippen LogP contribution in [0.15, 0.2) is 36.4 Å². The molecule has 1 aromatic heterocycles. The highest BCUT2D eigenvalue weighted by molar-refractivity contribution is 7.71. The van der Waals surface area contributed by atoms with E-state index in [1.54, 1.807) is 4.68 Å². The summed E-state index contributed by atoms with van der Waals surface area (Å²) in [6.07, 6.45) is 0. The van der Waals surface area contributed by atoms with E-state index in [0.717, 1.165) is 11.1 Å². The van der Waals surface area contributed by atoms with Crippen LogP contribution in [0.3, 0.4) is 0 Å². The van der Waals surface area contributed by atoms with Crippen molar-refractivity contribution in [3.63, 3.8) is 0 Å². The van der Waals surface area contributed by atoms with Gasteiger partial charge in [-0.25, -0.2) is 4.68 Å². The zero-order valence-corrected chi connectivity index (χ0v) is 10.0. The third-order valence-corrected chi connectivity index (χ3v) is 3.09. The molecular weight excluding hydrogens is 232 g/mol. The van der Waals surface area contributed by atoms with E-state index in [-0.39, 0.29) is 0 Å². The first-order valence-electron chi connectivity index (χ1n) is 5.26. The molecule has 0 radical (unpaired) electrons. The molecule has 5 heteroatoms. The normalized spacial score (nSPS) is 10.9. The number of benzene rings is 2. The number of tetrazole rings is 1. The smallest absolute Gasteiger partial charge is 0.209 e. The second-order valence-corrected chi connectivity index (χ2v) is 4.23. The lowest BCUT2D eigenvalue weighted by atomic mass is 10.0. The lowest BCUT2D eigenvalue weighted by Crippen LogP contribution is -1.98. The topological polar surface area (TPSA) is 46.5 Å². The highest BCUT2D eigenvalue weighted by Gasteiger charge is 2.05. The Morgan fingerprint density at radius 3 is 2.65 bits per heavy atom. The van der Waals surface area contributed by atoms with Gasteiger partial charge in [0, 0.05) is 5.39 Å². The molecule has 0 saturated heterocycles. The van der Waals surface area contributed by atoms with E-state index in [1.807, 2.05) is 18.2 Å². The van der Waals surface area contributed by atoms with Crippen LogP contribution in [0.25, 0.3) is 16.5 Å². The van der Waals surface area contributed by atoms with Gasteiger partial charge < -0.3 is 0 Å². The van der Waals surface area contributed by atoms with Crippen LogP contribution < -0.4 is 0 Å². The first-order valence-corrected chi connectivity index (χ1v) is 5.67. The van der Waals surface area contributed by atoms with Crippen LogP contribution in [0.4, 0.5) is 0 Å². The van der Waals surface area contributed by atoms with Crippen molar-refractivity contribution in [1.29, 1.82) is 0 Å². The molecule has 1 heterocycles. The summed E-state index contributed by atoms with van der Waals surface area (Å²) in [6, 6.07) is 12.3. The molecule has 0 aliphatic heterocycles. The van der Waals surface area contributed by atoms with E-state index < -0.39 is 0 Å². The maximum Gasteiger partial charge on any atom is 0.242 e. The summed E-state index contributed by atoms with van der Waals surface area (Å²) >= 11 is 5.12. The van der Waals surface area contributed by atoms with Crippen molar-refractivity contribution in [2.75, 3.05) is 0 Å². The second kappa shape index (κ2) is 3.78. The minimum atomic E-state index is 0.430. The molecular formula is C12H10N4S. The highest BCUT2D eigenvalue weighted by atomic mass is 32.1. The fourth-order valence-corrected chi connectivity index (χ4v) is 2.18. The maximum atomic E-state index is 5.12. The van der Waals surface area contributed by atoms with Gasteiger partial charge in [-0.2, -0.15) is 5.21 Å². The number of aryl methyl sites for hydroxylation is 1.